The van der Waals surface area contributed by atoms with Gasteiger partial charge in [0.2, 0.25) is 0 Å². The van der Waals surface area contributed by atoms with Crippen LogP contribution >= 0.6 is 0 Å². The number of carbonyl (C=O) groups is 1. The Balaban J connectivity index is 1.93. The molecule has 0 saturated carbocycles. The molecule has 0 N–H and O–H groups in total. The van der Waals surface area contributed by atoms with Crippen molar-refractivity contribution in [2.75, 3.05) is 19.8 Å². The first-order chi connectivity index (χ1) is 7.29. The minimum absolute atomic E-state index is 0.311. The second-order valence-electron chi connectivity index (χ2n) is 3.58. The summed E-state index contributed by atoms with van der Waals surface area (Å²) in [6, 6.07) is 0. The van der Waals surface area contributed by atoms with E-state index in [0.29, 0.717) is 18.1 Å². The first-order valence-electron chi connectivity index (χ1n) is 5.07. The second kappa shape index (κ2) is 4.44. The summed E-state index contributed by atoms with van der Waals surface area (Å²) in [6.45, 7) is 4.55. The lowest BCUT2D eigenvalue weighted by atomic mass is 10.1. The van der Waals surface area contributed by atoms with E-state index in [1.165, 1.54) is 6.20 Å². The van der Waals surface area contributed by atoms with Gasteiger partial charge in [-0.15, -0.1) is 0 Å². The lowest BCUT2D eigenvalue weighted by Crippen LogP contribution is -2.31. The number of esters is 1. The predicted molar refractivity (Wildman–Crippen MR) is 52.5 cm³/mol. The van der Waals surface area contributed by atoms with Gasteiger partial charge in [0.25, 0.3) is 0 Å². The molecule has 15 heavy (non-hydrogen) atoms. The van der Waals surface area contributed by atoms with Crippen LogP contribution in [0.15, 0.2) is 12.4 Å². The van der Waals surface area contributed by atoms with Crippen LogP contribution in [0.5, 0.6) is 0 Å². The van der Waals surface area contributed by atoms with Gasteiger partial charge < -0.3 is 9.47 Å². The van der Waals surface area contributed by atoms with Crippen molar-refractivity contribution in [1.82, 2.24) is 9.78 Å². The molecule has 1 aliphatic rings. The molecule has 0 aliphatic carbocycles. The SMILES string of the molecule is CCOC(=O)c1cnn(CC2COC2)c1. The zero-order chi connectivity index (χ0) is 10.7. The molecule has 1 aliphatic heterocycles. The van der Waals surface area contributed by atoms with Crippen LogP contribution in [0.4, 0.5) is 0 Å². The molecule has 1 aromatic heterocycles. The molecule has 5 heteroatoms. The predicted octanol–water partition coefficient (Wildman–Crippen LogP) is 0.706. The van der Waals surface area contributed by atoms with Crippen molar-refractivity contribution in [3.05, 3.63) is 18.0 Å². The third kappa shape index (κ3) is 2.36. The summed E-state index contributed by atoms with van der Waals surface area (Å²) in [7, 11) is 0. The van der Waals surface area contributed by atoms with Crippen LogP contribution in [-0.2, 0) is 16.0 Å². The lowest BCUT2D eigenvalue weighted by Gasteiger charge is -2.25. The molecule has 1 fully saturated rings. The van der Waals surface area contributed by atoms with Gasteiger partial charge in [0, 0.05) is 18.7 Å². The molecule has 0 unspecified atom stereocenters. The molecule has 2 heterocycles. The molecule has 0 spiro atoms. The topological polar surface area (TPSA) is 53.3 Å². The number of hydrogen-bond donors (Lipinski definition) is 0. The summed E-state index contributed by atoms with van der Waals surface area (Å²) in [5, 5.41) is 4.10. The molecule has 5 nitrogen and oxygen atoms in total. The average Bonchev–Trinajstić information content (AvgIpc) is 2.60. The van der Waals surface area contributed by atoms with E-state index in [1.807, 2.05) is 0 Å². The molecule has 2 rings (SSSR count). The van der Waals surface area contributed by atoms with E-state index in [4.69, 9.17) is 9.47 Å². The van der Waals surface area contributed by atoms with Crippen molar-refractivity contribution in [1.29, 1.82) is 0 Å². The number of aromatic nitrogens is 2. The molecule has 0 amide bonds. The van der Waals surface area contributed by atoms with Crippen molar-refractivity contribution in [3.63, 3.8) is 0 Å². The van der Waals surface area contributed by atoms with Crippen LogP contribution in [0.1, 0.15) is 17.3 Å². The Kier molecular flexibility index (Phi) is 3.01. The van der Waals surface area contributed by atoms with Gasteiger partial charge in [-0.2, -0.15) is 5.10 Å². The maximum absolute atomic E-state index is 11.3. The fourth-order valence-corrected chi connectivity index (χ4v) is 1.44. The molecule has 1 saturated heterocycles. The summed E-state index contributed by atoms with van der Waals surface area (Å²) >= 11 is 0. The zero-order valence-electron chi connectivity index (χ0n) is 8.68. The van der Waals surface area contributed by atoms with Crippen LogP contribution in [0.2, 0.25) is 0 Å². The Morgan fingerprint density at radius 2 is 2.53 bits per heavy atom. The van der Waals surface area contributed by atoms with E-state index in [0.717, 1.165) is 19.8 Å². The third-order valence-electron chi connectivity index (χ3n) is 2.30. The molecular formula is C10H14N2O3. The molecule has 1 aromatic rings. The van der Waals surface area contributed by atoms with Crippen LogP contribution < -0.4 is 0 Å². The van der Waals surface area contributed by atoms with Crippen molar-refractivity contribution in [2.45, 2.75) is 13.5 Å². The average molecular weight is 210 g/mol. The van der Waals surface area contributed by atoms with Crippen molar-refractivity contribution >= 4 is 5.97 Å². The zero-order valence-corrected chi connectivity index (χ0v) is 8.68. The fraction of sp³-hybridized carbons (Fsp3) is 0.600. The summed E-state index contributed by atoms with van der Waals surface area (Å²) in [5.41, 5.74) is 0.511. The highest BCUT2D eigenvalue weighted by molar-refractivity contribution is 5.88. The molecule has 0 aromatic carbocycles. The standard InChI is InChI=1S/C10H14N2O3/c1-2-15-10(13)9-3-11-12(5-9)4-8-6-14-7-8/h3,5,8H,2,4,6-7H2,1H3. The number of nitrogens with zero attached hydrogens (tertiary/aromatic N) is 2. The van der Waals surface area contributed by atoms with Crippen LogP contribution in [0, 0.1) is 5.92 Å². The van der Waals surface area contributed by atoms with Crippen molar-refractivity contribution in [3.8, 4) is 0 Å². The van der Waals surface area contributed by atoms with E-state index >= 15 is 0 Å². The highest BCUT2D eigenvalue weighted by Crippen LogP contribution is 2.12. The van der Waals surface area contributed by atoms with Gasteiger partial charge in [0.1, 0.15) is 0 Å². The largest absolute Gasteiger partial charge is 0.462 e. The molecule has 82 valence electrons. The van der Waals surface area contributed by atoms with E-state index in [9.17, 15) is 4.79 Å². The van der Waals surface area contributed by atoms with E-state index in [1.54, 1.807) is 17.8 Å². The minimum atomic E-state index is -0.311. The van der Waals surface area contributed by atoms with Gasteiger partial charge in [-0.25, -0.2) is 4.79 Å². The Hall–Kier alpha value is -1.36. The van der Waals surface area contributed by atoms with E-state index in [-0.39, 0.29) is 5.97 Å². The number of hydrogen-bond acceptors (Lipinski definition) is 4. The smallest absolute Gasteiger partial charge is 0.341 e. The Bertz CT molecular complexity index is 344. The van der Waals surface area contributed by atoms with Crippen LogP contribution in [0.3, 0.4) is 0 Å². The van der Waals surface area contributed by atoms with Crippen LogP contribution in [-0.4, -0.2) is 35.6 Å². The van der Waals surface area contributed by atoms with Gasteiger partial charge in [-0.05, 0) is 6.92 Å². The maximum atomic E-state index is 11.3. The Morgan fingerprint density at radius 1 is 1.73 bits per heavy atom. The van der Waals surface area contributed by atoms with Gasteiger partial charge in [-0.3, -0.25) is 4.68 Å². The fourth-order valence-electron chi connectivity index (χ4n) is 1.44. The monoisotopic (exact) mass is 210 g/mol. The number of carbonyl (C=O) groups excluding carboxylic acids is 1. The van der Waals surface area contributed by atoms with Gasteiger partial charge >= 0.3 is 5.97 Å². The normalized spacial score (nSPS) is 16.1. The lowest BCUT2D eigenvalue weighted by molar-refractivity contribution is -0.0408. The highest BCUT2D eigenvalue weighted by Gasteiger charge is 2.19. The van der Waals surface area contributed by atoms with Crippen molar-refractivity contribution in [2.24, 2.45) is 5.92 Å². The van der Waals surface area contributed by atoms with E-state index < -0.39 is 0 Å². The third-order valence-corrected chi connectivity index (χ3v) is 2.30. The van der Waals surface area contributed by atoms with Crippen molar-refractivity contribution < 1.29 is 14.3 Å². The summed E-state index contributed by atoms with van der Waals surface area (Å²) in [6.07, 6.45) is 3.26. The highest BCUT2D eigenvalue weighted by atomic mass is 16.5. The molecule has 0 bridgehead atoms. The summed E-state index contributed by atoms with van der Waals surface area (Å²) in [5.74, 6) is 0.216. The Morgan fingerprint density at radius 3 is 3.13 bits per heavy atom. The van der Waals surface area contributed by atoms with Gasteiger partial charge in [0.15, 0.2) is 0 Å². The first-order valence-corrected chi connectivity index (χ1v) is 5.07. The summed E-state index contributed by atoms with van der Waals surface area (Å²) in [4.78, 5) is 11.3. The number of ether oxygens (including phenoxy) is 2. The van der Waals surface area contributed by atoms with E-state index in [2.05, 4.69) is 5.10 Å². The van der Waals surface area contributed by atoms with Gasteiger partial charge in [-0.1, -0.05) is 0 Å². The number of rotatable bonds is 4. The molecule has 0 radical (unpaired) electrons. The molecular weight excluding hydrogens is 196 g/mol. The second-order valence-corrected chi connectivity index (χ2v) is 3.58. The summed E-state index contributed by atoms with van der Waals surface area (Å²) < 4.78 is 11.7. The minimum Gasteiger partial charge on any atom is -0.462 e. The maximum Gasteiger partial charge on any atom is 0.341 e. The quantitative estimate of drug-likeness (QED) is 0.687. The van der Waals surface area contributed by atoms with Crippen LogP contribution in [0.25, 0.3) is 0 Å². The molecule has 0 atom stereocenters. The van der Waals surface area contributed by atoms with Gasteiger partial charge in [0.05, 0.1) is 31.6 Å². The first kappa shape index (κ1) is 10.2. The Labute approximate surface area is 88.0 Å².